The van der Waals surface area contributed by atoms with Gasteiger partial charge in [-0.25, -0.2) is 4.79 Å². The predicted molar refractivity (Wildman–Crippen MR) is 63.5 cm³/mol. The van der Waals surface area contributed by atoms with Gasteiger partial charge in [0.15, 0.2) is 0 Å². The first-order valence-electron chi connectivity index (χ1n) is 5.75. The van der Waals surface area contributed by atoms with Crippen LogP contribution in [0.4, 0.5) is 0 Å². The van der Waals surface area contributed by atoms with E-state index >= 15 is 0 Å². The molecular weight excluding hydrogens is 236 g/mol. The fraction of sp³-hybridized carbons (Fsp3) is 0.417. The minimum atomic E-state index is -1.13. The van der Waals surface area contributed by atoms with Gasteiger partial charge in [0.1, 0.15) is 6.04 Å². The van der Waals surface area contributed by atoms with E-state index in [9.17, 15) is 14.4 Å². The largest absolute Gasteiger partial charge is 0.478 e. The van der Waals surface area contributed by atoms with Crippen molar-refractivity contribution in [3.8, 4) is 0 Å². The number of nitrogens with zero attached hydrogens (tertiary/aromatic N) is 1. The number of carbonyl (C=O) groups excluding carboxylic acids is 1. The highest BCUT2D eigenvalue weighted by molar-refractivity contribution is 5.87. The van der Waals surface area contributed by atoms with Crippen LogP contribution in [-0.4, -0.2) is 27.6 Å². The summed E-state index contributed by atoms with van der Waals surface area (Å²) in [5.41, 5.74) is -0.404. The molecule has 0 aromatic carbocycles. The van der Waals surface area contributed by atoms with Crippen LogP contribution in [0.1, 0.15) is 36.2 Å². The molecule has 1 saturated carbocycles. The van der Waals surface area contributed by atoms with Crippen LogP contribution >= 0.6 is 0 Å². The second-order valence-electron chi connectivity index (χ2n) is 4.43. The molecule has 1 amide bonds. The lowest BCUT2D eigenvalue weighted by molar-refractivity contribution is -0.124. The molecule has 2 N–H and O–H groups in total. The summed E-state index contributed by atoms with van der Waals surface area (Å²) in [6, 6.07) is 1.88. The van der Waals surface area contributed by atoms with Crippen LogP contribution in [0.2, 0.25) is 0 Å². The molecule has 1 atom stereocenters. The SMILES string of the molecule is CC(C(=O)NC1CC1)n1cc(C(=O)O)ccc1=O. The Morgan fingerprint density at radius 1 is 1.44 bits per heavy atom. The van der Waals surface area contributed by atoms with Crippen molar-refractivity contribution in [1.29, 1.82) is 0 Å². The lowest BCUT2D eigenvalue weighted by atomic mass is 10.2. The van der Waals surface area contributed by atoms with Crippen molar-refractivity contribution in [2.45, 2.75) is 31.8 Å². The quantitative estimate of drug-likeness (QED) is 0.808. The van der Waals surface area contributed by atoms with E-state index in [2.05, 4.69) is 5.32 Å². The Bertz CT molecular complexity index is 545. The molecule has 1 aromatic heterocycles. The number of pyridine rings is 1. The summed E-state index contributed by atoms with van der Waals surface area (Å²) in [4.78, 5) is 34.3. The first kappa shape index (κ1) is 12.3. The number of hydrogen-bond donors (Lipinski definition) is 2. The number of carboxylic acids is 1. The smallest absolute Gasteiger partial charge is 0.337 e. The van der Waals surface area contributed by atoms with Gasteiger partial charge in [0.05, 0.1) is 5.56 Å². The van der Waals surface area contributed by atoms with Gasteiger partial charge in [-0.15, -0.1) is 0 Å². The lowest BCUT2D eigenvalue weighted by Crippen LogP contribution is -2.36. The summed E-state index contributed by atoms with van der Waals surface area (Å²) in [7, 11) is 0. The first-order valence-corrected chi connectivity index (χ1v) is 5.75. The van der Waals surface area contributed by atoms with Crippen molar-refractivity contribution in [1.82, 2.24) is 9.88 Å². The zero-order valence-corrected chi connectivity index (χ0v) is 9.92. The Morgan fingerprint density at radius 3 is 2.67 bits per heavy atom. The molecular formula is C12H14N2O4. The zero-order chi connectivity index (χ0) is 13.3. The first-order chi connectivity index (χ1) is 8.49. The minimum Gasteiger partial charge on any atom is -0.478 e. The Kier molecular flexibility index (Phi) is 3.18. The van der Waals surface area contributed by atoms with Gasteiger partial charge in [-0.05, 0) is 25.8 Å². The van der Waals surface area contributed by atoms with Gasteiger partial charge < -0.3 is 15.0 Å². The van der Waals surface area contributed by atoms with Gasteiger partial charge in [-0.1, -0.05) is 0 Å². The molecule has 0 saturated heterocycles. The summed E-state index contributed by atoms with van der Waals surface area (Å²) < 4.78 is 1.14. The number of amides is 1. The van der Waals surface area contributed by atoms with Crippen LogP contribution in [0.3, 0.4) is 0 Å². The van der Waals surface area contributed by atoms with Crippen LogP contribution in [0.5, 0.6) is 0 Å². The maximum absolute atomic E-state index is 11.8. The summed E-state index contributed by atoms with van der Waals surface area (Å²) in [5, 5.41) is 11.6. The molecule has 1 aliphatic rings. The molecule has 0 spiro atoms. The van der Waals surface area contributed by atoms with E-state index in [4.69, 9.17) is 5.11 Å². The maximum Gasteiger partial charge on any atom is 0.337 e. The number of carboxylic acid groups (broad SMARTS) is 1. The highest BCUT2D eigenvalue weighted by atomic mass is 16.4. The standard InChI is InChI=1S/C12H14N2O4/c1-7(11(16)13-9-3-4-9)14-6-8(12(17)18)2-5-10(14)15/h2,5-7,9H,3-4H2,1H3,(H,13,16)(H,17,18). The maximum atomic E-state index is 11.8. The summed E-state index contributed by atoms with van der Waals surface area (Å²) in [6.07, 6.45) is 3.12. The molecule has 2 rings (SSSR count). The normalized spacial score (nSPS) is 16.1. The van der Waals surface area contributed by atoms with Crippen molar-refractivity contribution >= 4 is 11.9 Å². The number of hydrogen-bond acceptors (Lipinski definition) is 3. The second kappa shape index (κ2) is 4.64. The molecule has 1 unspecified atom stereocenters. The van der Waals surface area contributed by atoms with Crippen molar-refractivity contribution < 1.29 is 14.7 Å². The molecule has 1 heterocycles. The van der Waals surface area contributed by atoms with E-state index in [0.717, 1.165) is 23.5 Å². The van der Waals surface area contributed by atoms with Gasteiger partial charge in [0.25, 0.3) is 5.56 Å². The van der Waals surface area contributed by atoms with E-state index in [0.29, 0.717) is 0 Å². The van der Waals surface area contributed by atoms with E-state index < -0.39 is 17.6 Å². The minimum absolute atomic E-state index is 0.0133. The molecule has 0 bridgehead atoms. The van der Waals surface area contributed by atoms with Crippen molar-refractivity contribution in [3.05, 3.63) is 34.2 Å². The van der Waals surface area contributed by atoms with Gasteiger partial charge in [-0.2, -0.15) is 0 Å². The van der Waals surface area contributed by atoms with Gasteiger partial charge >= 0.3 is 5.97 Å². The second-order valence-corrected chi connectivity index (χ2v) is 4.43. The highest BCUT2D eigenvalue weighted by Crippen LogP contribution is 2.19. The van der Waals surface area contributed by atoms with Crippen molar-refractivity contribution in [2.75, 3.05) is 0 Å². The van der Waals surface area contributed by atoms with Crippen LogP contribution in [0.25, 0.3) is 0 Å². The molecule has 0 aliphatic heterocycles. The Balaban J connectivity index is 2.24. The molecule has 96 valence electrons. The van der Waals surface area contributed by atoms with E-state index in [1.807, 2.05) is 0 Å². The molecule has 1 fully saturated rings. The topological polar surface area (TPSA) is 88.4 Å². The predicted octanol–water partition coefficient (Wildman–Crippen LogP) is 0.386. The monoisotopic (exact) mass is 250 g/mol. The fourth-order valence-electron chi connectivity index (χ4n) is 1.61. The van der Waals surface area contributed by atoms with Crippen LogP contribution < -0.4 is 10.9 Å². The summed E-state index contributed by atoms with van der Waals surface area (Å²) >= 11 is 0. The number of nitrogens with one attached hydrogen (secondary N) is 1. The van der Waals surface area contributed by atoms with Crippen molar-refractivity contribution in [3.63, 3.8) is 0 Å². The number of aromatic carboxylic acids is 1. The molecule has 1 aromatic rings. The number of aromatic nitrogens is 1. The van der Waals surface area contributed by atoms with E-state index in [1.165, 1.54) is 12.3 Å². The summed E-state index contributed by atoms with van der Waals surface area (Å²) in [6.45, 7) is 1.57. The fourth-order valence-corrected chi connectivity index (χ4v) is 1.61. The zero-order valence-electron chi connectivity index (χ0n) is 9.92. The molecule has 18 heavy (non-hydrogen) atoms. The molecule has 6 nitrogen and oxygen atoms in total. The van der Waals surface area contributed by atoms with Crippen LogP contribution in [-0.2, 0) is 4.79 Å². The molecule has 6 heteroatoms. The van der Waals surface area contributed by atoms with E-state index in [-0.39, 0.29) is 17.5 Å². The third-order valence-corrected chi connectivity index (χ3v) is 2.91. The third-order valence-electron chi connectivity index (χ3n) is 2.91. The molecule has 0 radical (unpaired) electrons. The van der Waals surface area contributed by atoms with E-state index in [1.54, 1.807) is 6.92 Å². The van der Waals surface area contributed by atoms with Crippen LogP contribution in [0.15, 0.2) is 23.1 Å². The highest BCUT2D eigenvalue weighted by Gasteiger charge is 2.26. The van der Waals surface area contributed by atoms with Gasteiger partial charge in [0, 0.05) is 18.3 Å². The lowest BCUT2D eigenvalue weighted by Gasteiger charge is -2.15. The Labute approximate surface area is 103 Å². The number of rotatable bonds is 4. The third kappa shape index (κ3) is 2.58. The van der Waals surface area contributed by atoms with Gasteiger partial charge in [-0.3, -0.25) is 9.59 Å². The van der Waals surface area contributed by atoms with Crippen LogP contribution in [0, 0.1) is 0 Å². The average Bonchev–Trinajstić information content (AvgIpc) is 3.12. The number of carbonyl (C=O) groups is 2. The average molecular weight is 250 g/mol. The van der Waals surface area contributed by atoms with Gasteiger partial charge in [0.2, 0.25) is 5.91 Å². The molecule has 1 aliphatic carbocycles. The summed E-state index contributed by atoms with van der Waals surface area (Å²) in [5.74, 6) is -1.39. The van der Waals surface area contributed by atoms with Crippen molar-refractivity contribution in [2.24, 2.45) is 0 Å². The Hall–Kier alpha value is -2.11. The Morgan fingerprint density at radius 2 is 2.11 bits per heavy atom.